The second-order valence-electron chi connectivity index (χ2n) is 7.84. The molecular formula is C26H25NO6. The van der Waals surface area contributed by atoms with E-state index in [1.54, 1.807) is 24.3 Å². The number of aryl methyl sites for hydroxylation is 2. The predicted molar refractivity (Wildman–Crippen MR) is 123 cm³/mol. The van der Waals surface area contributed by atoms with Gasteiger partial charge in [-0.2, -0.15) is 0 Å². The second kappa shape index (κ2) is 8.86. The minimum Gasteiger partial charge on any atom is -0.503 e. The van der Waals surface area contributed by atoms with Crippen LogP contribution in [0.1, 0.15) is 40.2 Å². The van der Waals surface area contributed by atoms with Crippen LogP contribution in [0.25, 0.3) is 0 Å². The number of Topliss-reactive ketones (excluding diaryl/α,β-unsaturated/α-hetero) is 1. The maximum absolute atomic E-state index is 13.3. The van der Waals surface area contributed by atoms with E-state index in [0.29, 0.717) is 29.4 Å². The van der Waals surface area contributed by atoms with Crippen LogP contribution in [-0.4, -0.2) is 30.5 Å². The summed E-state index contributed by atoms with van der Waals surface area (Å²) in [4.78, 5) is 28.1. The molecule has 3 aromatic rings. The Hall–Kier alpha value is -4.00. The first-order valence-corrected chi connectivity index (χ1v) is 10.6. The summed E-state index contributed by atoms with van der Waals surface area (Å²) in [6.07, 6.45) is 1.37. The van der Waals surface area contributed by atoms with Gasteiger partial charge in [-0.1, -0.05) is 12.1 Å². The van der Waals surface area contributed by atoms with E-state index in [1.165, 1.54) is 24.3 Å². The summed E-state index contributed by atoms with van der Waals surface area (Å²) in [7, 11) is 1.54. The zero-order valence-corrected chi connectivity index (χ0v) is 18.9. The average Bonchev–Trinajstić information content (AvgIpc) is 3.40. The molecule has 0 saturated carbocycles. The van der Waals surface area contributed by atoms with Crippen molar-refractivity contribution in [3.05, 3.63) is 88.6 Å². The van der Waals surface area contributed by atoms with Gasteiger partial charge in [0.05, 0.1) is 31.6 Å². The zero-order valence-electron chi connectivity index (χ0n) is 18.9. The standard InChI is InChI=1S/C26H25NO6/c1-5-32-21-14-17(8-9-19(21)31-4)23-22(24(28)20-7-6-10-33-20)25(29)26(30)27(23)18-12-15(2)11-16(3)13-18/h6-14,23,29H,5H2,1-4H3. The van der Waals surface area contributed by atoms with Crippen molar-refractivity contribution < 1.29 is 28.6 Å². The number of nitrogens with zero attached hydrogens (tertiary/aromatic N) is 1. The Bertz CT molecular complexity index is 1220. The molecule has 170 valence electrons. The van der Waals surface area contributed by atoms with Crippen LogP contribution in [0.15, 0.2) is 70.5 Å². The number of hydrogen-bond donors (Lipinski definition) is 1. The van der Waals surface area contributed by atoms with Crippen molar-refractivity contribution in [2.45, 2.75) is 26.8 Å². The molecule has 0 fully saturated rings. The topological polar surface area (TPSA) is 89.2 Å². The second-order valence-corrected chi connectivity index (χ2v) is 7.84. The fourth-order valence-corrected chi connectivity index (χ4v) is 4.18. The minimum atomic E-state index is -0.888. The molecule has 2 aromatic carbocycles. The van der Waals surface area contributed by atoms with E-state index < -0.39 is 23.5 Å². The van der Waals surface area contributed by atoms with Crippen molar-refractivity contribution in [2.75, 3.05) is 18.6 Å². The van der Waals surface area contributed by atoms with Crippen LogP contribution < -0.4 is 14.4 Å². The highest BCUT2D eigenvalue weighted by Crippen LogP contribution is 2.44. The molecule has 1 aromatic heterocycles. The fourth-order valence-electron chi connectivity index (χ4n) is 4.18. The Morgan fingerprint density at radius 3 is 2.42 bits per heavy atom. The van der Waals surface area contributed by atoms with Gasteiger partial charge in [-0.05, 0) is 73.9 Å². The molecule has 33 heavy (non-hydrogen) atoms. The molecule has 1 unspecified atom stereocenters. The number of hydrogen-bond acceptors (Lipinski definition) is 6. The molecule has 1 aliphatic heterocycles. The number of aliphatic hydroxyl groups excluding tert-OH is 1. The van der Waals surface area contributed by atoms with Gasteiger partial charge in [0.1, 0.15) is 0 Å². The molecule has 1 atom stereocenters. The number of anilines is 1. The lowest BCUT2D eigenvalue weighted by Crippen LogP contribution is -2.31. The van der Waals surface area contributed by atoms with E-state index in [2.05, 4.69) is 0 Å². The number of ketones is 1. The first-order chi connectivity index (χ1) is 15.8. The zero-order chi connectivity index (χ0) is 23.7. The van der Waals surface area contributed by atoms with Crippen molar-refractivity contribution in [1.29, 1.82) is 0 Å². The van der Waals surface area contributed by atoms with E-state index in [-0.39, 0.29) is 11.3 Å². The predicted octanol–water partition coefficient (Wildman–Crippen LogP) is 5.09. The number of carbonyl (C=O) groups is 2. The van der Waals surface area contributed by atoms with Gasteiger partial charge in [0.25, 0.3) is 5.91 Å². The molecule has 0 aliphatic carbocycles. The summed E-state index contributed by atoms with van der Waals surface area (Å²) in [6, 6.07) is 13.1. The van der Waals surface area contributed by atoms with Crippen molar-refractivity contribution in [1.82, 2.24) is 0 Å². The lowest BCUT2D eigenvalue weighted by Gasteiger charge is -2.28. The molecular weight excluding hydrogens is 422 g/mol. The SMILES string of the molecule is CCOc1cc(C2C(C(=O)c3ccco3)=C(O)C(=O)N2c2cc(C)cc(C)c2)ccc1OC. The summed E-state index contributed by atoms with van der Waals surface area (Å²) in [5.41, 5.74) is 3.01. The quantitative estimate of drug-likeness (QED) is 0.508. The van der Waals surface area contributed by atoms with E-state index in [4.69, 9.17) is 13.9 Å². The number of methoxy groups -OCH3 is 1. The van der Waals surface area contributed by atoms with Gasteiger partial charge >= 0.3 is 0 Å². The molecule has 4 rings (SSSR count). The Balaban J connectivity index is 1.92. The molecule has 1 N–H and O–H groups in total. The van der Waals surface area contributed by atoms with E-state index in [1.807, 2.05) is 39.0 Å². The Labute approximate surface area is 191 Å². The molecule has 0 spiro atoms. The van der Waals surface area contributed by atoms with Gasteiger partial charge in [0, 0.05) is 5.69 Å². The first-order valence-electron chi connectivity index (χ1n) is 10.6. The van der Waals surface area contributed by atoms with Gasteiger partial charge in [0.2, 0.25) is 5.78 Å². The molecule has 7 heteroatoms. The highest BCUT2D eigenvalue weighted by atomic mass is 16.5. The molecule has 0 radical (unpaired) electrons. The normalized spacial score (nSPS) is 15.8. The van der Waals surface area contributed by atoms with Crippen LogP contribution in [0.4, 0.5) is 5.69 Å². The summed E-state index contributed by atoms with van der Waals surface area (Å²) in [6.45, 7) is 6.11. The van der Waals surface area contributed by atoms with Gasteiger partial charge in [-0.25, -0.2) is 0 Å². The fraction of sp³-hybridized carbons (Fsp3) is 0.231. The number of furan rings is 1. The molecule has 0 saturated heterocycles. The Morgan fingerprint density at radius 2 is 1.82 bits per heavy atom. The molecule has 1 aliphatic rings. The highest BCUT2D eigenvalue weighted by Gasteiger charge is 2.45. The monoisotopic (exact) mass is 447 g/mol. The van der Waals surface area contributed by atoms with Crippen molar-refractivity contribution in [3.63, 3.8) is 0 Å². The van der Waals surface area contributed by atoms with Crippen LogP contribution in [0.2, 0.25) is 0 Å². The third-order valence-electron chi connectivity index (χ3n) is 5.49. The maximum atomic E-state index is 13.3. The maximum Gasteiger partial charge on any atom is 0.294 e. The van der Waals surface area contributed by atoms with Crippen LogP contribution in [0, 0.1) is 13.8 Å². The smallest absolute Gasteiger partial charge is 0.294 e. The number of ether oxygens (including phenoxy) is 2. The van der Waals surface area contributed by atoms with Gasteiger partial charge in [0.15, 0.2) is 23.0 Å². The van der Waals surface area contributed by atoms with Gasteiger partial charge in [-0.3, -0.25) is 14.5 Å². The largest absolute Gasteiger partial charge is 0.503 e. The number of rotatable bonds is 7. The van der Waals surface area contributed by atoms with Gasteiger partial charge in [-0.15, -0.1) is 0 Å². The average molecular weight is 447 g/mol. The number of aliphatic hydroxyl groups is 1. The summed E-state index contributed by atoms with van der Waals surface area (Å²) >= 11 is 0. The van der Waals surface area contributed by atoms with Crippen LogP contribution in [0.5, 0.6) is 11.5 Å². The van der Waals surface area contributed by atoms with Crippen molar-refractivity contribution in [3.8, 4) is 11.5 Å². The minimum absolute atomic E-state index is 0.0372. The number of amides is 1. The molecule has 2 heterocycles. The summed E-state index contributed by atoms with van der Waals surface area (Å²) in [5.74, 6) is -0.786. The van der Waals surface area contributed by atoms with Crippen molar-refractivity contribution >= 4 is 17.4 Å². The van der Waals surface area contributed by atoms with E-state index in [0.717, 1.165) is 11.1 Å². The van der Waals surface area contributed by atoms with Gasteiger partial charge < -0.3 is 19.0 Å². The Morgan fingerprint density at radius 1 is 1.09 bits per heavy atom. The van der Waals surface area contributed by atoms with E-state index in [9.17, 15) is 14.7 Å². The highest BCUT2D eigenvalue weighted by molar-refractivity contribution is 6.20. The molecule has 0 bridgehead atoms. The lowest BCUT2D eigenvalue weighted by molar-refractivity contribution is -0.117. The third-order valence-corrected chi connectivity index (χ3v) is 5.49. The van der Waals surface area contributed by atoms with Crippen molar-refractivity contribution in [2.24, 2.45) is 0 Å². The summed E-state index contributed by atoms with van der Waals surface area (Å²) in [5, 5.41) is 10.9. The Kier molecular flexibility index (Phi) is 5.96. The van der Waals surface area contributed by atoms with Crippen LogP contribution in [0.3, 0.4) is 0 Å². The number of benzene rings is 2. The lowest BCUT2D eigenvalue weighted by atomic mass is 9.94. The summed E-state index contributed by atoms with van der Waals surface area (Å²) < 4.78 is 16.4. The van der Waals surface area contributed by atoms with E-state index >= 15 is 0 Å². The molecule has 7 nitrogen and oxygen atoms in total. The number of carbonyl (C=O) groups excluding carboxylic acids is 2. The molecule has 1 amide bonds. The van der Waals surface area contributed by atoms with Crippen LogP contribution >= 0.6 is 0 Å². The third kappa shape index (κ3) is 3.98. The first kappa shape index (κ1) is 22.2. The van der Waals surface area contributed by atoms with Crippen LogP contribution in [-0.2, 0) is 4.79 Å².